The summed E-state index contributed by atoms with van der Waals surface area (Å²) in [6.45, 7) is 1.83. The summed E-state index contributed by atoms with van der Waals surface area (Å²) in [5.41, 5.74) is 0.136. The lowest BCUT2D eigenvalue weighted by molar-refractivity contribution is -0.384. The van der Waals surface area contributed by atoms with Gasteiger partial charge in [-0.3, -0.25) is 10.1 Å². The first-order chi connectivity index (χ1) is 9.25. The first-order valence-corrected chi connectivity index (χ1v) is 7.10. The maximum atomic E-state index is 11.1. The van der Waals surface area contributed by atoms with Gasteiger partial charge in [-0.2, -0.15) is 0 Å². The van der Waals surface area contributed by atoms with Crippen LogP contribution in [-0.2, 0) is 0 Å². The first-order valence-electron chi connectivity index (χ1n) is 7.10. The van der Waals surface area contributed by atoms with Gasteiger partial charge in [-0.15, -0.1) is 0 Å². The lowest BCUT2D eigenvalue weighted by Gasteiger charge is -2.41. The zero-order valence-electron chi connectivity index (χ0n) is 11.0. The normalized spacial score (nSPS) is 26.8. The standard InChI is InChI=1S/C14H19N3O2/c18-17(19)13-6-3-8-15-14(13)16-9-7-11-4-1-2-5-12(11)10-16/h3,6,8,11-12H,1-2,4-5,7,9-10H2/t11-,12+/m1/s1. The molecule has 0 N–H and O–H groups in total. The monoisotopic (exact) mass is 261 g/mol. The maximum Gasteiger partial charge on any atom is 0.311 e. The molecular weight excluding hydrogens is 242 g/mol. The minimum atomic E-state index is -0.324. The highest BCUT2D eigenvalue weighted by Crippen LogP contribution is 2.38. The van der Waals surface area contributed by atoms with Crippen molar-refractivity contribution in [2.24, 2.45) is 11.8 Å². The summed E-state index contributed by atoms with van der Waals surface area (Å²) in [6.07, 6.45) is 8.06. The molecule has 1 aromatic heterocycles. The summed E-state index contributed by atoms with van der Waals surface area (Å²) in [5, 5.41) is 11.1. The summed E-state index contributed by atoms with van der Waals surface area (Å²) in [5.74, 6) is 2.08. The number of rotatable bonds is 2. The van der Waals surface area contributed by atoms with Crippen molar-refractivity contribution >= 4 is 11.5 Å². The van der Waals surface area contributed by atoms with Crippen molar-refractivity contribution < 1.29 is 4.92 Å². The predicted molar refractivity (Wildman–Crippen MR) is 73.2 cm³/mol. The fraction of sp³-hybridized carbons (Fsp3) is 0.643. The number of anilines is 1. The second-order valence-corrected chi connectivity index (χ2v) is 5.64. The van der Waals surface area contributed by atoms with Crippen molar-refractivity contribution in [3.63, 3.8) is 0 Å². The van der Waals surface area contributed by atoms with Gasteiger partial charge in [-0.25, -0.2) is 4.98 Å². The largest absolute Gasteiger partial charge is 0.351 e. The van der Waals surface area contributed by atoms with Crippen LogP contribution < -0.4 is 4.90 Å². The molecule has 2 atom stereocenters. The quantitative estimate of drug-likeness (QED) is 0.606. The Kier molecular flexibility index (Phi) is 3.36. The Morgan fingerprint density at radius 2 is 2.05 bits per heavy atom. The van der Waals surface area contributed by atoms with Crippen LogP contribution in [0.5, 0.6) is 0 Å². The van der Waals surface area contributed by atoms with E-state index >= 15 is 0 Å². The molecule has 2 aliphatic rings. The summed E-state index contributed by atoms with van der Waals surface area (Å²) in [4.78, 5) is 17.1. The average molecular weight is 261 g/mol. The third-order valence-electron chi connectivity index (χ3n) is 4.55. The molecule has 19 heavy (non-hydrogen) atoms. The van der Waals surface area contributed by atoms with E-state index in [0.29, 0.717) is 11.7 Å². The van der Waals surface area contributed by atoms with Gasteiger partial charge in [0.05, 0.1) is 4.92 Å². The van der Waals surface area contributed by atoms with E-state index in [-0.39, 0.29) is 10.6 Å². The van der Waals surface area contributed by atoms with Crippen molar-refractivity contribution in [1.29, 1.82) is 0 Å². The van der Waals surface area contributed by atoms with E-state index in [0.717, 1.165) is 25.4 Å². The number of nitro groups is 1. The van der Waals surface area contributed by atoms with Crippen molar-refractivity contribution in [3.05, 3.63) is 28.4 Å². The molecular formula is C14H19N3O2. The van der Waals surface area contributed by atoms with Crippen molar-refractivity contribution in [3.8, 4) is 0 Å². The van der Waals surface area contributed by atoms with E-state index in [2.05, 4.69) is 9.88 Å². The number of fused-ring (bicyclic) bond motifs is 1. The zero-order valence-corrected chi connectivity index (χ0v) is 11.0. The van der Waals surface area contributed by atoms with Crippen LogP contribution >= 0.6 is 0 Å². The molecule has 5 nitrogen and oxygen atoms in total. The van der Waals surface area contributed by atoms with Crippen LogP contribution in [0.2, 0.25) is 0 Å². The van der Waals surface area contributed by atoms with Crippen LogP contribution in [0.4, 0.5) is 11.5 Å². The fourth-order valence-corrected chi connectivity index (χ4v) is 3.57. The van der Waals surface area contributed by atoms with Crippen LogP contribution in [0.25, 0.3) is 0 Å². The second-order valence-electron chi connectivity index (χ2n) is 5.64. The second kappa shape index (κ2) is 5.15. The van der Waals surface area contributed by atoms with E-state index in [1.54, 1.807) is 18.3 Å². The molecule has 0 amide bonds. The molecule has 2 heterocycles. The van der Waals surface area contributed by atoms with E-state index in [9.17, 15) is 10.1 Å². The Morgan fingerprint density at radius 1 is 1.26 bits per heavy atom. The highest BCUT2D eigenvalue weighted by atomic mass is 16.6. The number of hydrogen-bond donors (Lipinski definition) is 0. The fourth-order valence-electron chi connectivity index (χ4n) is 3.57. The lowest BCUT2D eigenvalue weighted by atomic mass is 9.75. The van der Waals surface area contributed by atoms with E-state index in [1.807, 2.05) is 0 Å². The number of aromatic nitrogens is 1. The van der Waals surface area contributed by atoms with Crippen LogP contribution in [0, 0.1) is 22.0 Å². The van der Waals surface area contributed by atoms with Crippen LogP contribution in [0.1, 0.15) is 32.1 Å². The lowest BCUT2D eigenvalue weighted by Crippen LogP contribution is -2.42. The molecule has 1 saturated carbocycles. The zero-order chi connectivity index (χ0) is 13.2. The van der Waals surface area contributed by atoms with Crippen LogP contribution in [0.3, 0.4) is 0 Å². The number of nitrogens with zero attached hydrogens (tertiary/aromatic N) is 3. The molecule has 0 unspecified atom stereocenters. The summed E-state index contributed by atoms with van der Waals surface area (Å²) < 4.78 is 0. The van der Waals surface area contributed by atoms with E-state index < -0.39 is 0 Å². The number of piperidine rings is 1. The SMILES string of the molecule is O=[N+]([O-])c1cccnc1N1CC[C@H]2CCCC[C@H]2C1. The smallest absolute Gasteiger partial charge is 0.311 e. The molecule has 0 spiro atoms. The van der Waals surface area contributed by atoms with Gasteiger partial charge in [0.2, 0.25) is 5.82 Å². The molecule has 1 saturated heterocycles. The minimum Gasteiger partial charge on any atom is -0.351 e. The Labute approximate surface area is 112 Å². The van der Waals surface area contributed by atoms with E-state index in [4.69, 9.17) is 0 Å². The molecule has 1 aromatic rings. The van der Waals surface area contributed by atoms with Gasteiger partial charge in [0.25, 0.3) is 0 Å². The van der Waals surface area contributed by atoms with Gasteiger partial charge in [0, 0.05) is 25.4 Å². The van der Waals surface area contributed by atoms with Crippen molar-refractivity contribution in [2.75, 3.05) is 18.0 Å². The molecule has 5 heteroatoms. The summed E-state index contributed by atoms with van der Waals surface area (Å²) in [7, 11) is 0. The molecule has 0 aromatic carbocycles. The Balaban J connectivity index is 1.81. The molecule has 102 valence electrons. The minimum absolute atomic E-state index is 0.136. The van der Waals surface area contributed by atoms with Gasteiger partial charge in [-0.05, 0) is 30.7 Å². The number of pyridine rings is 1. The van der Waals surface area contributed by atoms with Crippen molar-refractivity contribution in [2.45, 2.75) is 32.1 Å². The van der Waals surface area contributed by atoms with E-state index in [1.165, 1.54) is 25.7 Å². The predicted octanol–water partition coefficient (Wildman–Crippen LogP) is 3.01. The Bertz CT molecular complexity index is 478. The summed E-state index contributed by atoms with van der Waals surface area (Å²) in [6, 6.07) is 3.18. The van der Waals surface area contributed by atoms with Crippen LogP contribution in [0.15, 0.2) is 18.3 Å². The van der Waals surface area contributed by atoms with Gasteiger partial charge in [0.1, 0.15) is 0 Å². The Morgan fingerprint density at radius 3 is 2.84 bits per heavy atom. The molecule has 0 radical (unpaired) electrons. The van der Waals surface area contributed by atoms with Gasteiger partial charge in [0.15, 0.2) is 0 Å². The molecule has 2 fully saturated rings. The third kappa shape index (κ3) is 2.41. The molecule has 3 rings (SSSR count). The summed E-state index contributed by atoms with van der Waals surface area (Å²) >= 11 is 0. The van der Waals surface area contributed by atoms with Gasteiger partial charge >= 0.3 is 5.69 Å². The average Bonchev–Trinajstić information content (AvgIpc) is 2.46. The molecule has 1 aliphatic heterocycles. The molecule has 1 aliphatic carbocycles. The number of hydrogen-bond acceptors (Lipinski definition) is 4. The Hall–Kier alpha value is -1.65. The van der Waals surface area contributed by atoms with Gasteiger partial charge in [-0.1, -0.05) is 19.3 Å². The molecule has 0 bridgehead atoms. The third-order valence-corrected chi connectivity index (χ3v) is 4.55. The topological polar surface area (TPSA) is 59.3 Å². The van der Waals surface area contributed by atoms with Gasteiger partial charge < -0.3 is 4.90 Å². The van der Waals surface area contributed by atoms with Crippen LogP contribution in [-0.4, -0.2) is 23.0 Å². The highest BCUT2D eigenvalue weighted by molar-refractivity contribution is 5.57. The first kappa shape index (κ1) is 12.4. The highest BCUT2D eigenvalue weighted by Gasteiger charge is 2.33. The van der Waals surface area contributed by atoms with Crippen molar-refractivity contribution in [1.82, 2.24) is 4.98 Å². The maximum absolute atomic E-state index is 11.1.